The summed E-state index contributed by atoms with van der Waals surface area (Å²) in [7, 11) is -0.924. The molecule has 158 valence electrons. The average Bonchev–Trinajstić information content (AvgIpc) is 2.78. The number of benzene rings is 3. The van der Waals surface area contributed by atoms with Crippen molar-refractivity contribution < 1.29 is 27.5 Å². The predicted molar refractivity (Wildman–Crippen MR) is 114 cm³/mol. The second-order valence-electron chi connectivity index (χ2n) is 7.02. The molecule has 0 unspecified atom stereocenters. The van der Waals surface area contributed by atoms with E-state index in [1.807, 2.05) is 0 Å². The molecular formula is C23H19NO6S. The van der Waals surface area contributed by atoms with Gasteiger partial charge in [0.05, 0.1) is 24.0 Å². The van der Waals surface area contributed by atoms with Crippen molar-refractivity contribution in [3.8, 4) is 11.5 Å². The van der Waals surface area contributed by atoms with Crippen molar-refractivity contribution in [2.24, 2.45) is 0 Å². The fourth-order valence-corrected chi connectivity index (χ4v) is 5.21. The van der Waals surface area contributed by atoms with E-state index >= 15 is 0 Å². The van der Waals surface area contributed by atoms with Gasteiger partial charge in [-0.25, -0.2) is 8.42 Å². The molecule has 1 aliphatic heterocycles. The number of hydrogen-bond donors (Lipinski definition) is 1. The number of ketones is 1. The molecule has 0 bridgehead atoms. The molecule has 1 heterocycles. The number of hydrogen-bond acceptors (Lipinski definition) is 6. The zero-order chi connectivity index (χ0) is 22.3. The van der Waals surface area contributed by atoms with E-state index < -0.39 is 15.7 Å². The standard InChI is InChI=1S/C23H19NO6S/c1-13-10-18(29-2)19(30-3)12-17(13)24-23(26)14-8-9-16-21(11-14)31(27,28)20-7-5-4-6-15(20)22(16)25/h4-12H,1-3H3,(H,24,26). The Morgan fingerprint density at radius 1 is 0.871 bits per heavy atom. The van der Waals surface area contributed by atoms with Gasteiger partial charge in [0.25, 0.3) is 5.91 Å². The van der Waals surface area contributed by atoms with E-state index in [2.05, 4.69) is 5.32 Å². The van der Waals surface area contributed by atoms with Crippen LogP contribution < -0.4 is 14.8 Å². The maximum absolute atomic E-state index is 13.1. The first-order valence-corrected chi connectivity index (χ1v) is 10.8. The van der Waals surface area contributed by atoms with Crippen LogP contribution in [0.2, 0.25) is 0 Å². The van der Waals surface area contributed by atoms with Gasteiger partial charge in [0.2, 0.25) is 9.84 Å². The minimum absolute atomic E-state index is 0.0533. The Kier molecular flexibility index (Phi) is 5.02. The van der Waals surface area contributed by atoms with E-state index in [1.165, 1.54) is 44.6 Å². The van der Waals surface area contributed by atoms with Gasteiger partial charge in [-0.1, -0.05) is 12.1 Å². The van der Waals surface area contributed by atoms with Crippen molar-refractivity contribution >= 4 is 27.2 Å². The highest BCUT2D eigenvalue weighted by atomic mass is 32.2. The second-order valence-corrected chi connectivity index (χ2v) is 8.90. The molecule has 0 aliphatic carbocycles. The van der Waals surface area contributed by atoms with Gasteiger partial charge in [0, 0.05) is 28.4 Å². The van der Waals surface area contributed by atoms with Crippen LogP contribution in [0.15, 0.2) is 64.4 Å². The third-order valence-electron chi connectivity index (χ3n) is 5.18. The second kappa shape index (κ2) is 7.55. The van der Waals surface area contributed by atoms with E-state index in [4.69, 9.17) is 9.47 Å². The first-order valence-electron chi connectivity index (χ1n) is 9.34. The van der Waals surface area contributed by atoms with Crippen molar-refractivity contribution in [2.45, 2.75) is 16.7 Å². The van der Waals surface area contributed by atoms with Crippen molar-refractivity contribution in [1.82, 2.24) is 0 Å². The Balaban J connectivity index is 1.73. The number of ether oxygens (including phenoxy) is 2. The van der Waals surface area contributed by atoms with Crippen LogP contribution in [0.25, 0.3) is 0 Å². The van der Waals surface area contributed by atoms with E-state index in [0.29, 0.717) is 17.2 Å². The molecular weight excluding hydrogens is 418 g/mol. The molecule has 1 aliphatic rings. The van der Waals surface area contributed by atoms with Crippen molar-refractivity contribution in [3.05, 3.63) is 76.9 Å². The lowest BCUT2D eigenvalue weighted by atomic mass is 10.0. The highest BCUT2D eigenvalue weighted by Gasteiger charge is 2.35. The van der Waals surface area contributed by atoms with Crippen molar-refractivity contribution in [2.75, 3.05) is 19.5 Å². The first-order chi connectivity index (χ1) is 14.8. The fraction of sp³-hybridized carbons (Fsp3) is 0.130. The number of nitrogens with one attached hydrogen (secondary N) is 1. The van der Waals surface area contributed by atoms with Crippen LogP contribution in [0.4, 0.5) is 5.69 Å². The molecule has 0 aromatic heterocycles. The number of rotatable bonds is 4. The Morgan fingerprint density at radius 3 is 2.23 bits per heavy atom. The molecule has 0 radical (unpaired) electrons. The monoisotopic (exact) mass is 437 g/mol. The fourth-order valence-electron chi connectivity index (χ4n) is 3.54. The van der Waals surface area contributed by atoms with Gasteiger partial charge in [-0.15, -0.1) is 0 Å². The quantitative estimate of drug-likeness (QED) is 0.523. The highest BCUT2D eigenvalue weighted by molar-refractivity contribution is 7.91. The SMILES string of the molecule is COc1cc(C)c(NC(=O)c2ccc3c(c2)S(=O)(=O)c2ccccc2C3=O)cc1OC. The zero-order valence-corrected chi connectivity index (χ0v) is 17.9. The summed E-state index contributed by atoms with van der Waals surface area (Å²) in [6, 6.07) is 13.5. The number of carbonyl (C=O) groups is 2. The summed E-state index contributed by atoms with van der Waals surface area (Å²) in [5.74, 6) is 0.0661. The van der Waals surface area contributed by atoms with Gasteiger partial charge in [-0.2, -0.15) is 0 Å². The summed E-state index contributed by atoms with van der Waals surface area (Å²) in [5, 5.41) is 2.76. The lowest BCUT2D eigenvalue weighted by Crippen LogP contribution is -2.21. The summed E-state index contributed by atoms with van der Waals surface area (Å²) in [6.07, 6.45) is 0. The molecule has 1 N–H and O–H groups in total. The third-order valence-corrected chi connectivity index (χ3v) is 7.03. The molecule has 0 saturated heterocycles. The van der Waals surface area contributed by atoms with Gasteiger partial charge >= 0.3 is 0 Å². The number of sulfone groups is 1. The molecule has 7 nitrogen and oxygen atoms in total. The molecule has 0 saturated carbocycles. The summed E-state index contributed by atoms with van der Waals surface area (Å²) < 4.78 is 36.7. The van der Waals surface area contributed by atoms with E-state index in [1.54, 1.807) is 31.2 Å². The van der Waals surface area contributed by atoms with Gasteiger partial charge in [-0.05, 0) is 48.9 Å². The summed E-state index contributed by atoms with van der Waals surface area (Å²) in [5.41, 5.74) is 1.53. The Morgan fingerprint density at radius 2 is 1.52 bits per heavy atom. The van der Waals surface area contributed by atoms with Gasteiger partial charge in [-0.3, -0.25) is 9.59 Å². The van der Waals surface area contributed by atoms with Crippen molar-refractivity contribution in [3.63, 3.8) is 0 Å². The molecule has 31 heavy (non-hydrogen) atoms. The molecule has 8 heteroatoms. The Labute approximate surface area is 179 Å². The maximum Gasteiger partial charge on any atom is 0.255 e. The molecule has 0 fully saturated rings. The van der Waals surface area contributed by atoms with Gasteiger partial charge in [0.1, 0.15) is 0 Å². The maximum atomic E-state index is 13.1. The van der Waals surface area contributed by atoms with Crippen LogP contribution in [-0.2, 0) is 9.84 Å². The lowest BCUT2D eigenvalue weighted by molar-refractivity contribution is 0.101. The number of anilines is 1. The van der Waals surface area contributed by atoms with Crippen LogP contribution in [0, 0.1) is 6.92 Å². The average molecular weight is 437 g/mol. The van der Waals surface area contributed by atoms with Crippen LogP contribution in [-0.4, -0.2) is 34.3 Å². The van der Waals surface area contributed by atoms with Crippen LogP contribution >= 0.6 is 0 Å². The number of fused-ring (bicyclic) bond motifs is 2. The smallest absolute Gasteiger partial charge is 0.255 e. The molecule has 3 aromatic carbocycles. The van der Waals surface area contributed by atoms with Gasteiger partial charge in [0.15, 0.2) is 17.3 Å². The minimum Gasteiger partial charge on any atom is -0.493 e. The van der Waals surface area contributed by atoms with Crippen LogP contribution in [0.1, 0.15) is 31.8 Å². The molecule has 1 amide bonds. The lowest BCUT2D eigenvalue weighted by Gasteiger charge is -2.19. The Hall–Kier alpha value is -3.65. The molecule has 0 atom stereocenters. The van der Waals surface area contributed by atoms with E-state index in [-0.39, 0.29) is 32.3 Å². The predicted octanol–water partition coefficient (Wildman–Crippen LogP) is 3.64. The summed E-state index contributed by atoms with van der Waals surface area (Å²) >= 11 is 0. The number of aryl methyl sites for hydroxylation is 1. The molecule has 0 spiro atoms. The summed E-state index contributed by atoms with van der Waals surface area (Å²) in [6.45, 7) is 1.80. The minimum atomic E-state index is -3.93. The van der Waals surface area contributed by atoms with E-state index in [9.17, 15) is 18.0 Å². The van der Waals surface area contributed by atoms with Crippen molar-refractivity contribution in [1.29, 1.82) is 0 Å². The number of amides is 1. The zero-order valence-electron chi connectivity index (χ0n) is 17.1. The first kappa shape index (κ1) is 20.6. The highest BCUT2D eigenvalue weighted by Crippen LogP contribution is 2.36. The van der Waals surface area contributed by atoms with E-state index in [0.717, 1.165) is 5.56 Å². The van der Waals surface area contributed by atoms with Gasteiger partial charge < -0.3 is 14.8 Å². The Bertz CT molecular complexity index is 1340. The largest absolute Gasteiger partial charge is 0.493 e. The number of methoxy groups -OCH3 is 2. The molecule has 4 rings (SSSR count). The molecule has 3 aromatic rings. The summed E-state index contributed by atoms with van der Waals surface area (Å²) in [4.78, 5) is 25.4. The third kappa shape index (κ3) is 3.34. The van der Waals surface area contributed by atoms with Crippen LogP contribution in [0.5, 0.6) is 11.5 Å². The van der Waals surface area contributed by atoms with Crippen LogP contribution in [0.3, 0.4) is 0 Å². The topological polar surface area (TPSA) is 98.8 Å². The normalized spacial score (nSPS) is 13.7. The number of carbonyl (C=O) groups excluding carboxylic acids is 2.